The highest BCUT2D eigenvalue weighted by Crippen LogP contribution is 2.30. The normalized spacial score (nSPS) is 11.2. The number of hydrogen-bond donors (Lipinski definition) is 1. The fourth-order valence-corrected chi connectivity index (χ4v) is 3.52. The summed E-state index contributed by atoms with van der Waals surface area (Å²) in [5.41, 5.74) is 12.2. The van der Waals surface area contributed by atoms with Crippen molar-refractivity contribution in [1.29, 1.82) is 0 Å². The number of carbonyl (C=O) groups is 1. The van der Waals surface area contributed by atoms with Crippen LogP contribution in [0.4, 0.5) is 5.82 Å². The molecule has 0 saturated heterocycles. The topological polar surface area (TPSA) is 68.9 Å². The molecule has 4 nitrogen and oxygen atoms in total. The zero-order valence-electron chi connectivity index (χ0n) is 15.5. The Morgan fingerprint density at radius 1 is 1.04 bits per heavy atom. The second-order valence-corrected chi connectivity index (χ2v) is 6.96. The fraction of sp³-hybridized carbons (Fsp3) is 0.174. The molecule has 4 aromatic rings. The molecule has 2 N–H and O–H groups in total. The van der Waals surface area contributed by atoms with Gasteiger partial charge < -0.3 is 5.73 Å². The molecule has 0 aliphatic rings. The Morgan fingerprint density at radius 2 is 1.81 bits per heavy atom. The van der Waals surface area contributed by atoms with Gasteiger partial charge in [0, 0.05) is 22.5 Å². The summed E-state index contributed by atoms with van der Waals surface area (Å²) in [7, 11) is 0. The minimum Gasteiger partial charge on any atom is -0.382 e. The lowest BCUT2D eigenvalue weighted by Crippen LogP contribution is -2.00. The van der Waals surface area contributed by atoms with Crippen LogP contribution >= 0.6 is 0 Å². The Hall–Kier alpha value is -3.27. The SMILES string of the molecule is CC(=O)c1ccc(CCc2ccnc3c(N)nc4cc(C)ccc4c23)cc1. The van der Waals surface area contributed by atoms with Gasteiger partial charge in [-0.3, -0.25) is 9.78 Å². The van der Waals surface area contributed by atoms with Crippen LogP contribution in [0.2, 0.25) is 0 Å². The summed E-state index contributed by atoms with van der Waals surface area (Å²) in [5.74, 6) is 0.558. The molecule has 2 aromatic heterocycles. The highest BCUT2D eigenvalue weighted by Gasteiger charge is 2.12. The number of aromatic nitrogens is 2. The molecule has 0 aliphatic carbocycles. The molecule has 2 heterocycles. The van der Waals surface area contributed by atoms with Gasteiger partial charge in [0.05, 0.1) is 5.52 Å². The number of fused-ring (bicyclic) bond motifs is 3. The van der Waals surface area contributed by atoms with Gasteiger partial charge in [-0.2, -0.15) is 0 Å². The van der Waals surface area contributed by atoms with E-state index in [1.54, 1.807) is 13.1 Å². The first-order valence-electron chi connectivity index (χ1n) is 9.06. The Balaban J connectivity index is 1.75. The minimum absolute atomic E-state index is 0.0893. The zero-order valence-corrected chi connectivity index (χ0v) is 15.5. The molecule has 0 aliphatic heterocycles. The molecule has 0 amide bonds. The predicted molar refractivity (Wildman–Crippen MR) is 110 cm³/mol. The van der Waals surface area contributed by atoms with Crippen molar-refractivity contribution in [1.82, 2.24) is 9.97 Å². The Morgan fingerprint density at radius 3 is 2.56 bits per heavy atom. The smallest absolute Gasteiger partial charge is 0.159 e. The number of ketones is 1. The molecule has 0 bridgehead atoms. The van der Waals surface area contributed by atoms with Gasteiger partial charge in [-0.1, -0.05) is 36.4 Å². The number of hydrogen-bond acceptors (Lipinski definition) is 4. The van der Waals surface area contributed by atoms with E-state index in [1.165, 1.54) is 11.1 Å². The lowest BCUT2D eigenvalue weighted by Gasteiger charge is -2.11. The van der Waals surface area contributed by atoms with Gasteiger partial charge in [-0.05, 0) is 55.5 Å². The first-order valence-corrected chi connectivity index (χ1v) is 9.06. The molecule has 4 rings (SSSR count). The molecule has 0 spiro atoms. The molecule has 134 valence electrons. The van der Waals surface area contributed by atoms with Crippen LogP contribution in [0.3, 0.4) is 0 Å². The summed E-state index contributed by atoms with van der Waals surface area (Å²) >= 11 is 0. The molecule has 0 atom stereocenters. The molecule has 0 unspecified atom stereocenters. The standard InChI is InChI=1S/C23H21N3O/c1-14-3-10-19-20(13-14)26-23(24)22-21(19)18(11-12-25-22)9-6-16-4-7-17(8-5-16)15(2)27/h3-5,7-8,10-13H,6,9H2,1-2H3,(H2,24,26). The van der Waals surface area contributed by atoms with Crippen molar-refractivity contribution >= 4 is 33.4 Å². The first-order chi connectivity index (χ1) is 13.0. The first kappa shape index (κ1) is 17.2. The summed E-state index contributed by atoms with van der Waals surface area (Å²) in [6.07, 6.45) is 3.55. The van der Waals surface area contributed by atoms with Gasteiger partial charge in [0.2, 0.25) is 0 Å². The van der Waals surface area contributed by atoms with E-state index in [2.05, 4.69) is 41.2 Å². The van der Waals surface area contributed by atoms with Gasteiger partial charge in [0.15, 0.2) is 11.6 Å². The van der Waals surface area contributed by atoms with E-state index in [0.29, 0.717) is 5.82 Å². The third kappa shape index (κ3) is 3.26. The Labute approximate surface area is 158 Å². The highest BCUT2D eigenvalue weighted by atomic mass is 16.1. The number of pyridine rings is 2. The lowest BCUT2D eigenvalue weighted by atomic mass is 9.97. The number of rotatable bonds is 4. The lowest BCUT2D eigenvalue weighted by molar-refractivity contribution is 0.101. The van der Waals surface area contributed by atoms with Crippen LogP contribution in [0.5, 0.6) is 0 Å². The van der Waals surface area contributed by atoms with E-state index in [-0.39, 0.29) is 5.78 Å². The second-order valence-electron chi connectivity index (χ2n) is 6.96. The number of aryl methyl sites for hydroxylation is 3. The van der Waals surface area contributed by atoms with E-state index in [1.807, 2.05) is 24.3 Å². The van der Waals surface area contributed by atoms with Gasteiger partial charge in [-0.15, -0.1) is 0 Å². The summed E-state index contributed by atoms with van der Waals surface area (Å²) in [4.78, 5) is 20.4. The number of nitrogens with zero attached hydrogens (tertiary/aromatic N) is 2. The average Bonchev–Trinajstić information content (AvgIpc) is 2.66. The number of nitrogens with two attached hydrogens (primary N) is 1. The van der Waals surface area contributed by atoms with Crippen molar-refractivity contribution in [2.24, 2.45) is 0 Å². The predicted octanol–water partition coefficient (Wildman–Crippen LogP) is 4.66. The molecule has 2 aromatic carbocycles. The third-order valence-corrected chi connectivity index (χ3v) is 4.99. The fourth-order valence-electron chi connectivity index (χ4n) is 3.52. The third-order valence-electron chi connectivity index (χ3n) is 4.99. The van der Waals surface area contributed by atoms with Crippen molar-refractivity contribution in [2.45, 2.75) is 26.7 Å². The number of carbonyl (C=O) groups excluding carboxylic acids is 1. The van der Waals surface area contributed by atoms with E-state index < -0.39 is 0 Å². The largest absolute Gasteiger partial charge is 0.382 e. The molecule has 0 fully saturated rings. The van der Waals surface area contributed by atoms with Crippen LogP contribution in [0.25, 0.3) is 21.8 Å². The summed E-state index contributed by atoms with van der Waals surface area (Å²) in [5, 5.41) is 2.17. The van der Waals surface area contributed by atoms with Crippen molar-refractivity contribution in [3.8, 4) is 0 Å². The van der Waals surface area contributed by atoms with Gasteiger partial charge in [0.1, 0.15) is 5.52 Å². The second kappa shape index (κ2) is 6.80. The zero-order chi connectivity index (χ0) is 19.0. The van der Waals surface area contributed by atoms with Crippen molar-refractivity contribution in [2.75, 3.05) is 5.73 Å². The summed E-state index contributed by atoms with van der Waals surface area (Å²) in [6, 6.07) is 16.1. The summed E-state index contributed by atoms with van der Waals surface area (Å²) < 4.78 is 0. The number of Topliss-reactive ketones (excluding diaryl/α,β-unsaturated/α-hetero) is 1. The van der Waals surface area contributed by atoms with Crippen LogP contribution in [0.15, 0.2) is 54.7 Å². The number of benzene rings is 2. The van der Waals surface area contributed by atoms with Crippen molar-refractivity contribution in [3.63, 3.8) is 0 Å². The highest BCUT2D eigenvalue weighted by molar-refractivity contribution is 6.09. The molecule has 0 saturated carbocycles. The van der Waals surface area contributed by atoms with Gasteiger partial charge in [-0.25, -0.2) is 4.98 Å². The quantitative estimate of drug-likeness (QED) is 0.427. The number of nitrogen functional groups attached to an aromatic ring is 1. The molecule has 27 heavy (non-hydrogen) atoms. The van der Waals surface area contributed by atoms with Crippen LogP contribution in [-0.4, -0.2) is 15.8 Å². The monoisotopic (exact) mass is 355 g/mol. The van der Waals surface area contributed by atoms with Crippen molar-refractivity contribution in [3.05, 3.63) is 77.0 Å². The molecular weight excluding hydrogens is 334 g/mol. The summed E-state index contributed by atoms with van der Waals surface area (Å²) in [6.45, 7) is 3.64. The average molecular weight is 355 g/mol. The van der Waals surface area contributed by atoms with E-state index in [4.69, 9.17) is 5.73 Å². The van der Waals surface area contributed by atoms with E-state index in [9.17, 15) is 4.79 Å². The van der Waals surface area contributed by atoms with Gasteiger partial charge in [0.25, 0.3) is 0 Å². The molecule has 0 radical (unpaired) electrons. The van der Waals surface area contributed by atoms with Crippen LogP contribution in [-0.2, 0) is 12.8 Å². The van der Waals surface area contributed by atoms with Crippen LogP contribution in [0, 0.1) is 6.92 Å². The van der Waals surface area contributed by atoms with Crippen LogP contribution < -0.4 is 5.73 Å². The minimum atomic E-state index is 0.0893. The molecule has 4 heteroatoms. The van der Waals surface area contributed by atoms with E-state index in [0.717, 1.165) is 45.8 Å². The van der Waals surface area contributed by atoms with Crippen molar-refractivity contribution < 1.29 is 4.79 Å². The Kier molecular flexibility index (Phi) is 4.32. The maximum Gasteiger partial charge on any atom is 0.159 e. The van der Waals surface area contributed by atoms with E-state index >= 15 is 0 Å². The molecular formula is C23H21N3O. The van der Waals surface area contributed by atoms with Crippen LogP contribution in [0.1, 0.15) is 34.0 Å². The Bertz CT molecular complexity index is 1160. The maximum atomic E-state index is 11.4. The maximum absolute atomic E-state index is 11.4. The van der Waals surface area contributed by atoms with Gasteiger partial charge >= 0.3 is 0 Å². The number of anilines is 1.